The number of hydrogen-bond donors (Lipinski definition) is 3. The summed E-state index contributed by atoms with van der Waals surface area (Å²) < 4.78 is 4.42. The van der Waals surface area contributed by atoms with Gasteiger partial charge in [0.1, 0.15) is 5.75 Å². The van der Waals surface area contributed by atoms with E-state index >= 15 is 0 Å². The SMILES string of the molecule is COC(=O)CCC(=O)NC(=S)Nc1ccccc1O. The first-order valence-electron chi connectivity index (χ1n) is 5.48. The van der Waals surface area contributed by atoms with E-state index in [-0.39, 0.29) is 23.7 Å². The van der Waals surface area contributed by atoms with E-state index in [2.05, 4.69) is 15.4 Å². The number of para-hydroxylation sites is 2. The van der Waals surface area contributed by atoms with Crippen molar-refractivity contribution in [1.82, 2.24) is 5.32 Å². The van der Waals surface area contributed by atoms with Crippen molar-refractivity contribution >= 4 is 34.9 Å². The summed E-state index contributed by atoms with van der Waals surface area (Å²) in [6.45, 7) is 0. The third kappa shape index (κ3) is 5.35. The molecular weight excluding hydrogens is 268 g/mol. The minimum Gasteiger partial charge on any atom is -0.506 e. The molecule has 7 heteroatoms. The number of thiocarbonyl (C=S) groups is 1. The number of carbonyl (C=O) groups excluding carboxylic acids is 2. The highest BCUT2D eigenvalue weighted by atomic mass is 32.1. The average Bonchev–Trinajstić information content (AvgIpc) is 2.38. The molecule has 0 saturated heterocycles. The first-order chi connectivity index (χ1) is 9.02. The standard InChI is InChI=1S/C12H14N2O4S/c1-18-11(17)7-6-10(16)14-12(19)13-8-4-2-3-5-9(8)15/h2-5,15H,6-7H2,1H3,(H2,13,14,16,19). The number of anilines is 1. The molecule has 0 bridgehead atoms. The van der Waals surface area contributed by atoms with Crippen molar-refractivity contribution in [3.05, 3.63) is 24.3 Å². The topological polar surface area (TPSA) is 87.7 Å². The number of esters is 1. The molecule has 19 heavy (non-hydrogen) atoms. The summed E-state index contributed by atoms with van der Waals surface area (Å²) in [6.07, 6.45) is -0.0310. The molecule has 0 fully saturated rings. The Morgan fingerprint density at radius 1 is 1.32 bits per heavy atom. The van der Waals surface area contributed by atoms with E-state index in [4.69, 9.17) is 12.2 Å². The summed E-state index contributed by atoms with van der Waals surface area (Å²) >= 11 is 4.91. The summed E-state index contributed by atoms with van der Waals surface area (Å²) in [4.78, 5) is 22.3. The van der Waals surface area contributed by atoms with E-state index in [0.29, 0.717) is 5.69 Å². The van der Waals surface area contributed by atoms with Crippen LogP contribution in [-0.4, -0.2) is 29.2 Å². The number of rotatable bonds is 4. The van der Waals surface area contributed by atoms with Gasteiger partial charge in [-0.15, -0.1) is 0 Å². The number of methoxy groups -OCH3 is 1. The van der Waals surface area contributed by atoms with Gasteiger partial charge < -0.3 is 20.5 Å². The maximum atomic E-state index is 11.4. The van der Waals surface area contributed by atoms with Crippen LogP contribution in [0, 0.1) is 0 Å². The highest BCUT2D eigenvalue weighted by Crippen LogP contribution is 2.21. The van der Waals surface area contributed by atoms with Crippen molar-refractivity contribution in [3.8, 4) is 5.75 Å². The molecule has 6 nitrogen and oxygen atoms in total. The van der Waals surface area contributed by atoms with E-state index in [1.807, 2.05) is 0 Å². The number of benzene rings is 1. The normalized spacial score (nSPS) is 9.53. The molecule has 0 spiro atoms. The van der Waals surface area contributed by atoms with Gasteiger partial charge in [0.25, 0.3) is 0 Å². The van der Waals surface area contributed by atoms with Crippen LogP contribution >= 0.6 is 12.2 Å². The largest absolute Gasteiger partial charge is 0.506 e. The number of ether oxygens (including phenoxy) is 1. The zero-order valence-electron chi connectivity index (χ0n) is 10.3. The lowest BCUT2D eigenvalue weighted by Gasteiger charge is -2.10. The first kappa shape index (κ1) is 14.9. The van der Waals surface area contributed by atoms with E-state index < -0.39 is 11.9 Å². The average molecular weight is 282 g/mol. The molecule has 0 aliphatic heterocycles. The Morgan fingerprint density at radius 2 is 2.00 bits per heavy atom. The maximum Gasteiger partial charge on any atom is 0.306 e. The van der Waals surface area contributed by atoms with Crippen LogP contribution in [0.2, 0.25) is 0 Å². The van der Waals surface area contributed by atoms with Gasteiger partial charge in [-0.25, -0.2) is 0 Å². The van der Waals surface area contributed by atoms with Gasteiger partial charge in [-0.3, -0.25) is 9.59 Å². The predicted molar refractivity (Wildman–Crippen MR) is 73.7 cm³/mol. The minimum absolute atomic E-state index is 0.0124. The van der Waals surface area contributed by atoms with Gasteiger partial charge in [0, 0.05) is 6.42 Å². The summed E-state index contributed by atoms with van der Waals surface area (Å²) in [6, 6.07) is 6.48. The van der Waals surface area contributed by atoms with Crippen molar-refractivity contribution in [2.45, 2.75) is 12.8 Å². The molecular formula is C12H14N2O4S. The number of hydrogen-bond acceptors (Lipinski definition) is 5. The molecule has 102 valence electrons. The number of carbonyl (C=O) groups is 2. The van der Waals surface area contributed by atoms with Gasteiger partial charge in [-0.1, -0.05) is 12.1 Å². The smallest absolute Gasteiger partial charge is 0.306 e. The van der Waals surface area contributed by atoms with Gasteiger partial charge in [-0.2, -0.15) is 0 Å². The van der Waals surface area contributed by atoms with Crippen LogP contribution < -0.4 is 10.6 Å². The Morgan fingerprint density at radius 3 is 2.63 bits per heavy atom. The Kier molecular flexibility index (Phi) is 5.74. The molecule has 1 aromatic carbocycles. The van der Waals surface area contributed by atoms with Crippen molar-refractivity contribution < 1.29 is 19.4 Å². The summed E-state index contributed by atoms with van der Waals surface area (Å²) in [5, 5.41) is 14.6. The third-order valence-electron chi connectivity index (χ3n) is 2.19. The Balaban J connectivity index is 2.41. The first-order valence-corrected chi connectivity index (χ1v) is 5.89. The molecule has 0 aromatic heterocycles. The molecule has 1 aromatic rings. The van der Waals surface area contributed by atoms with Gasteiger partial charge in [0.2, 0.25) is 5.91 Å². The molecule has 0 radical (unpaired) electrons. The molecule has 0 unspecified atom stereocenters. The second-order valence-corrected chi connectivity index (χ2v) is 4.00. The van der Waals surface area contributed by atoms with Gasteiger partial charge >= 0.3 is 5.97 Å². The quantitative estimate of drug-likeness (QED) is 0.436. The number of phenols is 1. The van der Waals surface area contributed by atoms with Crippen LogP contribution in [0.15, 0.2) is 24.3 Å². The number of amides is 1. The van der Waals surface area contributed by atoms with Crippen molar-refractivity contribution in [2.24, 2.45) is 0 Å². The second kappa shape index (κ2) is 7.32. The fourth-order valence-electron chi connectivity index (χ4n) is 1.24. The molecule has 0 saturated carbocycles. The second-order valence-electron chi connectivity index (χ2n) is 3.60. The molecule has 1 rings (SSSR count). The van der Waals surface area contributed by atoms with Crippen LogP contribution in [0.4, 0.5) is 5.69 Å². The van der Waals surface area contributed by atoms with Crippen molar-refractivity contribution in [1.29, 1.82) is 0 Å². The maximum absolute atomic E-state index is 11.4. The van der Waals surface area contributed by atoms with E-state index in [0.717, 1.165) is 0 Å². The molecule has 0 atom stereocenters. The van der Waals surface area contributed by atoms with Crippen molar-refractivity contribution in [3.63, 3.8) is 0 Å². The Labute approximate surface area is 115 Å². The summed E-state index contributed by atoms with van der Waals surface area (Å²) in [7, 11) is 1.25. The lowest BCUT2D eigenvalue weighted by molar-refractivity contribution is -0.142. The summed E-state index contributed by atoms with van der Waals surface area (Å²) in [5.41, 5.74) is 0.390. The molecule has 1 amide bonds. The fourth-order valence-corrected chi connectivity index (χ4v) is 1.46. The number of phenolic OH excluding ortho intramolecular Hbond substituents is 1. The highest BCUT2D eigenvalue weighted by molar-refractivity contribution is 7.80. The van der Waals surface area contributed by atoms with Gasteiger partial charge in [0.15, 0.2) is 5.11 Å². The molecule has 0 heterocycles. The number of nitrogens with one attached hydrogen (secondary N) is 2. The van der Waals surface area contributed by atoms with Crippen LogP contribution in [0.5, 0.6) is 5.75 Å². The van der Waals surface area contributed by atoms with Crippen LogP contribution in [0.1, 0.15) is 12.8 Å². The Hall–Kier alpha value is -2.15. The van der Waals surface area contributed by atoms with E-state index in [9.17, 15) is 14.7 Å². The Bertz CT molecular complexity index is 490. The molecule has 0 aliphatic carbocycles. The monoisotopic (exact) mass is 282 g/mol. The van der Waals surface area contributed by atoms with Crippen molar-refractivity contribution in [2.75, 3.05) is 12.4 Å². The zero-order valence-corrected chi connectivity index (χ0v) is 11.1. The minimum atomic E-state index is -0.463. The zero-order chi connectivity index (χ0) is 14.3. The third-order valence-corrected chi connectivity index (χ3v) is 2.39. The summed E-state index contributed by atoms with van der Waals surface area (Å²) in [5.74, 6) is -0.846. The lowest BCUT2D eigenvalue weighted by atomic mass is 10.3. The fraction of sp³-hybridized carbons (Fsp3) is 0.250. The lowest BCUT2D eigenvalue weighted by Crippen LogP contribution is -2.34. The van der Waals surface area contributed by atoms with Crippen LogP contribution in [-0.2, 0) is 14.3 Å². The van der Waals surface area contributed by atoms with E-state index in [1.54, 1.807) is 18.2 Å². The van der Waals surface area contributed by atoms with Crippen LogP contribution in [0.25, 0.3) is 0 Å². The molecule has 0 aliphatic rings. The highest BCUT2D eigenvalue weighted by Gasteiger charge is 2.09. The van der Waals surface area contributed by atoms with Gasteiger partial charge in [0.05, 0.1) is 19.2 Å². The van der Waals surface area contributed by atoms with E-state index in [1.165, 1.54) is 13.2 Å². The molecule has 3 N–H and O–H groups in total. The predicted octanol–water partition coefficient (Wildman–Crippen LogP) is 1.16. The number of aromatic hydroxyl groups is 1. The van der Waals surface area contributed by atoms with Gasteiger partial charge in [-0.05, 0) is 24.4 Å². The van der Waals surface area contributed by atoms with Crippen LogP contribution in [0.3, 0.4) is 0 Å².